The van der Waals surface area contributed by atoms with Gasteiger partial charge in [-0.15, -0.1) is 0 Å². The molecule has 0 atom stereocenters. The first-order valence-electron chi connectivity index (χ1n) is 5.43. The monoisotopic (exact) mass is 352 g/mol. The molecule has 0 fully saturated rings. The van der Waals surface area contributed by atoms with Crippen molar-refractivity contribution in [2.24, 2.45) is 0 Å². The SMILES string of the molecule is Nc1cc(NS(=O)(=O)c2cc(Cl)ccc2Cl)c(F)cc1F. The Balaban J connectivity index is 2.47. The summed E-state index contributed by atoms with van der Waals surface area (Å²) in [5.74, 6) is -2.10. The van der Waals surface area contributed by atoms with Crippen LogP contribution in [0.5, 0.6) is 0 Å². The van der Waals surface area contributed by atoms with Crippen molar-refractivity contribution < 1.29 is 17.2 Å². The van der Waals surface area contributed by atoms with Gasteiger partial charge in [-0.1, -0.05) is 23.2 Å². The van der Waals surface area contributed by atoms with E-state index < -0.39 is 33.0 Å². The summed E-state index contributed by atoms with van der Waals surface area (Å²) in [6, 6.07) is 5.11. The van der Waals surface area contributed by atoms with Crippen molar-refractivity contribution in [1.29, 1.82) is 0 Å². The van der Waals surface area contributed by atoms with Crippen LogP contribution >= 0.6 is 23.2 Å². The molecule has 0 aromatic heterocycles. The molecule has 2 aromatic rings. The molecule has 0 spiro atoms. The number of benzene rings is 2. The lowest BCUT2D eigenvalue weighted by atomic mass is 10.2. The van der Waals surface area contributed by atoms with Crippen LogP contribution < -0.4 is 10.5 Å². The first-order valence-corrected chi connectivity index (χ1v) is 7.67. The molecule has 0 amide bonds. The van der Waals surface area contributed by atoms with E-state index in [1.807, 2.05) is 4.72 Å². The molecule has 3 N–H and O–H groups in total. The van der Waals surface area contributed by atoms with Gasteiger partial charge in [-0.3, -0.25) is 4.72 Å². The first-order chi connectivity index (χ1) is 9.70. The van der Waals surface area contributed by atoms with Crippen LogP contribution in [0.25, 0.3) is 0 Å². The van der Waals surface area contributed by atoms with E-state index in [9.17, 15) is 17.2 Å². The van der Waals surface area contributed by atoms with Gasteiger partial charge in [-0.05, 0) is 24.3 Å². The molecule has 0 aliphatic rings. The second kappa shape index (κ2) is 5.67. The fraction of sp³-hybridized carbons (Fsp3) is 0. The largest absolute Gasteiger partial charge is 0.396 e. The van der Waals surface area contributed by atoms with Crippen molar-refractivity contribution in [3.05, 3.63) is 52.0 Å². The molecule has 0 saturated carbocycles. The van der Waals surface area contributed by atoms with Crippen molar-refractivity contribution in [3.8, 4) is 0 Å². The highest BCUT2D eigenvalue weighted by Gasteiger charge is 2.21. The highest BCUT2D eigenvalue weighted by Crippen LogP contribution is 2.28. The molecule has 0 aliphatic carbocycles. The Kier molecular flexibility index (Phi) is 4.27. The minimum absolute atomic E-state index is 0.0950. The maximum atomic E-state index is 13.6. The van der Waals surface area contributed by atoms with E-state index in [0.717, 1.165) is 12.1 Å². The summed E-state index contributed by atoms with van der Waals surface area (Å²) in [7, 11) is -4.20. The third-order valence-corrected chi connectivity index (χ3v) is 4.60. The van der Waals surface area contributed by atoms with E-state index in [1.165, 1.54) is 12.1 Å². The summed E-state index contributed by atoms with van der Waals surface area (Å²) in [6.07, 6.45) is 0. The van der Waals surface area contributed by atoms with Gasteiger partial charge in [-0.25, -0.2) is 17.2 Å². The third kappa shape index (κ3) is 3.37. The normalized spacial score (nSPS) is 11.4. The van der Waals surface area contributed by atoms with Crippen LogP contribution in [-0.4, -0.2) is 8.42 Å². The minimum atomic E-state index is -4.20. The Bertz CT molecular complexity index is 813. The average molecular weight is 353 g/mol. The summed E-state index contributed by atoms with van der Waals surface area (Å²) in [5.41, 5.74) is 4.39. The van der Waals surface area contributed by atoms with Gasteiger partial charge < -0.3 is 5.73 Å². The van der Waals surface area contributed by atoms with Crippen LogP contribution in [-0.2, 0) is 10.0 Å². The van der Waals surface area contributed by atoms with Gasteiger partial charge >= 0.3 is 0 Å². The second-order valence-corrected chi connectivity index (χ2v) is 6.53. The van der Waals surface area contributed by atoms with E-state index in [1.54, 1.807) is 0 Å². The summed E-state index contributed by atoms with van der Waals surface area (Å²) < 4.78 is 52.9. The Morgan fingerprint density at radius 3 is 2.38 bits per heavy atom. The lowest BCUT2D eigenvalue weighted by Gasteiger charge is -2.11. The Morgan fingerprint density at radius 1 is 1.05 bits per heavy atom. The molecule has 0 bridgehead atoms. The van der Waals surface area contributed by atoms with Crippen LogP contribution in [0.1, 0.15) is 0 Å². The van der Waals surface area contributed by atoms with E-state index in [0.29, 0.717) is 6.07 Å². The average Bonchev–Trinajstić information content (AvgIpc) is 2.38. The van der Waals surface area contributed by atoms with Crippen molar-refractivity contribution in [2.75, 3.05) is 10.5 Å². The number of rotatable bonds is 3. The third-order valence-electron chi connectivity index (χ3n) is 2.51. The number of sulfonamides is 1. The van der Waals surface area contributed by atoms with E-state index in [-0.39, 0.29) is 14.9 Å². The quantitative estimate of drug-likeness (QED) is 0.828. The highest BCUT2D eigenvalue weighted by molar-refractivity contribution is 7.92. The van der Waals surface area contributed by atoms with Gasteiger partial charge in [0.2, 0.25) is 0 Å². The summed E-state index contributed by atoms with van der Waals surface area (Å²) >= 11 is 11.5. The molecule has 0 aliphatic heterocycles. The zero-order valence-electron chi connectivity index (χ0n) is 10.2. The molecular formula is C12H8Cl2F2N2O2S. The van der Waals surface area contributed by atoms with Gasteiger partial charge in [0.05, 0.1) is 16.4 Å². The van der Waals surface area contributed by atoms with Gasteiger partial charge in [0.15, 0.2) is 0 Å². The van der Waals surface area contributed by atoms with Crippen molar-refractivity contribution in [1.82, 2.24) is 0 Å². The van der Waals surface area contributed by atoms with Gasteiger partial charge in [0.25, 0.3) is 10.0 Å². The molecule has 2 aromatic carbocycles. The van der Waals surface area contributed by atoms with Crippen LogP contribution in [0, 0.1) is 11.6 Å². The maximum Gasteiger partial charge on any atom is 0.263 e. The number of nitrogens with one attached hydrogen (secondary N) is 1. The van der Waals surface area contributed by atoms with Crippen LogP contribution in [0.2, 0.25) is 10.0 Å². The van der Waals surface area contributed by atoms with Gasteiger partial charge in [0, 0.05) is 11.1 Å². The predicted molar refractivity (Wildman–Crippen MR) is 78.0 cm³/mol. The summed E-state index contributed by atoms with van der Waals surface area (Å²) in [5, 5.41) is 0.0428. The number of hydrogen-bond acceptors (Lipinski definition) is 3. The molecule has 21 heavy (non-hydrogen) atoms. The lowest BCUT2D eigenvalue weighted by Crippen LogP contribution is -2.15. The minimum Gasteiger partial charge on any atom is -0.396 e. The lowest BCUT2D eigenvalue weighted by molar-refractivity contribution is 0.585. The fourth-order valence-electron chi connectivity index (χ4n) is 1.53. The molecule has 0 radical (unpaired) electrons. The topological polar surface area (TPSA) is 72.2 Å². The van der Waals surface area contributed by atoms with Crippen LogP contribution in [0.15, 0.2) is 35.2 Å². The highest BCUT2D eigenvalue weighted by atomic mass is 35.5. The Labute approximate surface area is 129 Å². The van der Waals surface area contributed by atoms with E-state index in [4.69, 9.17) is 28.9 Å². The number of nitrogen functional groups attached to an aromatic ring is 1. The number of hydrogen-bond donors (Lipinski definition) is 2. The first kappa shape index (κ1) is 15.8. The summed E-state index contributed by atoms with van der Waals surface area (Å²) in [6.45, 7) is 0. The fourth-order valence-corrected chi connectivity index (χ4v) is 3.35. The molecular weight excluding hydrogens is 345 g/mol. The van der Waals surface area contributed by atoms with Crippen molar-refractivity contribution >= 4 is 44.6 Å². The van der Waals surface area contributed by atoms with Crippen LogP contribution in [0.4, 0.5) is 20.2 Å². The van der Waals surface area contributed by atoms with Gasteiger partial charge in [-0.2, -0.15) is 0 Å². The van der Waals surface area contributed by atoms with Crippen molar-refractivity contribution in [2.45, 2.75) is 4.90 Å². The zero-order valence-corrected chi connectivity index (χ0v) is 12.5. The summed E-state index contributed by atoms with van der Waals surface area (Å²) in [4.78, 5) is -0.334. The number of nitrogens with two attached hydrogens (primary N) is 1. The standard InChI is InChI=1S/C12H8Cl2F2N2O2S/c13-6-1-2-7(14)12(3-6)21(19,20)18-11-5-10(17)8(15)4-9(11)16/h1-5,18H,17H2. The predicted octanol–water partition coefficient (Wildman–Crippen LogP) is 3.65. The Hall–Kier alpha value is -1.57. The zero-order chi connectivity index (χ0) is 15.8. The number of anilines is 2. The Morgan fingerprint density at radius 2 is 1.71 bits per heavy atom. The second-order valence-electron chi connectivity index (χ2n) is 4.03. The smallest absolute Gasteiger partial charge is 0.263 e. The van der Waals surface area contributed by atoms with Gasteiger partial charge in [0.1, 0.15) is 16.5 Å². The maximum absolute atomic E-state index is 13.6. The molecule has 0 saturated heterocycles. The molecule has 4 nitrogen and oxygen atoms in total. The molecule has 0 heterocycles. The molecule has 2 rings (SSSR count). The molecule has 0 unspecified atom stereocenters. The van der Waals surface area contributed by atoms with E-state index in [2.05, 4.69) is 0 Å². The molecule has 9 heteroatoms. The van der Waals surface area contributed by atoms with E-state index >= 15 is 0 Å². The van der Waals surface area contributed by atoms with Crippen LogP contribution in [0.3, 0.4) is 0 Å². The number of halogens is 4. The molecule has 112 valence electrons. The van der Waals surface area contributed by atoms with Crippen molar-refractivity contribution in [3.63, 3.8) is 0 Å².